The maximum atomic E-state index is 11.5. The van der Waals surface area contributed by atoms with E-state index < -0.39 is 12.0 Å². The fraction of sp³-hybridized carbons (Fsp3) is 0.533. The topological polar surface area (TPSA) is 40.5 Å². The van der Waals surface area contributed by atoms with Crippen LogP contribution in [-0.4, -0.2) is 35.1 Å². The molecular weight excluding hydrogens is 262 g/mol. The van der Waals surface area contributed by atoms with E-state index in [-0.39, 0.29) is 0 Å². The van der Waals surface area contributed by atoms with Crippen molar-refractivity contribution < 1.29 is 9.90 Å². The third kappa shape index (κ3) is 3.48. The molecule has 4 heteroatoms. The zero-order chi connectivity index (χ0) is 13.8. The van der Waals surface area contributed by atoms with Crippen LogP contribution in [0.15, 0.2) is 18.2 Å². The number of carboxylic acids is 1. The predicted octanol–water partition coefficient (Wildman–Crippen LogP) is 3.13. The number of likely N-dealkylation sites (tertiary alicyclic amines) is 1. The Kier molecular flexibility index (Phi) is 4.83. The van der Waals surface area contributed by atoms with E-state index in [2.05, 4.69) is 4.90 Å². The smallest absolute Gasteiger partial charge is 0.321 e. The van der Waals surface area contributed by atoms with Crippen LogP contribution in [0.1, 0.15) is 30.4 Å². The number of hydrogen-bond acceptors (Lipinski definition) is 2. The van der Waals surface area contributed by atoms with Gasteiger partial charge in [-0.05, 0) is 56.5 Å². The molecule has 0 spiro atoms. The van der Waals surface area contributed by atoms with Gasteiger partial charge in [0.2, 0.25) is 0 Å². The molecule has 1 N–H and O–H groups in total. The standard InChI is InChI=1S/C15H20ClNO2/c1-11-12(6-5-7-13(11)16)10-14(15(18)19)17-8-3-2-4-9-17/h5-7,14H,2-4,8-10H2,1H3,(H,18,19). The molecule has 0 amide bonds. The first-order chi connectivity index (χ1) is 9.09. The van der Waals surface area contributed by atoms with Crippen LogP contribution < -0.4 is 0 Å². The Labute approximate surface area is 119 Å². The highest BCUT2D eigenvalue weighted by molar-refractivity contribution is 6.31. The van der Waals surface area contributed by atoms with Gasteiger partial charge >= 0.3 is 5.97 Å². The summed E-state index contributed by atoms with van der Waals surface area (Å²) in [5.41, 5.74) is 2.03. The van der Waals surface area contributed by atoms with Gasteiger partial charge < -0.3 is 5.11 Å². The summed E-state index contributed by atoms with van der Waals surface area (Å²) in [5.74, 6) is -0.735. The molecule has 1 atom stereocenters. The molecular formula is C15H20ClNO2. The van der Waals surface area contributed by atoms with Crippen LogP contribution in [0, 0.1) is 6.92 Å². The van der Waals surface area contributed by atoms with Crippen molar-refractivity contribution in [2.45, 2.75) is 38.6 Å². The monoisotopic (exact) mass is 281 g/mol. The fourth-order valence-electron chi connectivity index (χ4n) is 2.68. The molecule has 0 bridgehead atoms. The Hall–Kier alpha value is -1.06. The number of hydrogen-bond donors (Lipinski definition) is 1. The molecule has 1 aromatic rings. The lowest BCUT2D eigenvalue weighted by molar-refractivity contribution is -0.143. The van der Waals surface area contributed by atoms with E-state index in [9.17, 15) is 9.90 Å². The molecule has 1 aliphatic rings. The average molecular weight is 282 g/mol. The minimum atomic E-state index is -0.735. The van der Waals surface area contributed by atoms with Gasteiger partial charge in [0.05, 0.1) is 0 Å². The maximum absolute atomic E-state index is 11.5. The van der Waals surface area contributed by atoms with Gasteiger partial charge in [0, 0.05) is 5.02 Å². The highest BCUT2D eigenvalue weighted by Gasteiger charge is 2.27. The molecule has 104 valence electrons. The summed E-state index contributed by atoms with van der Waals surface area (Å²) in [4.78, 5) is 13.6. The molecule has 1 unspecified atom stereocenters. The number of carboxylic acid groups (broad SMARTS) is 1. The summed E-state index contributed by atoms with van der Waals surface area (Å²) in [5, 5.41) is 10.2. The van der Waals surface area contributed by atoms with E-state index in [1.807, 2.05) is 25.1 Å². The Bertz CT molecular complexity index is 455. The van der Waals surface area contributed by atoms with Crippen LogP contribution >= 0.6 is 11.6 Å². The first-order valence-corrected chi connectivity index (χ1v) is 7.18. The van der Waals surface area contributed by atoms with Gasteiger partial charge in [-0.2, -0.15) is 0 Å². The fourth-order valence-corrected chi connectivity index (χ4v) is 2.88. The highest BCUT2D eigenvalue weighted by atomic mass is 35.5. The first kappa shape index (κ1) is 14.4. The SMILES string of the molecule is Cc1c(Cl)cccc1CC(C(=O)O)N1CCCCC1. The Morgan fingerprint density at radius 1 is 1.37 bits per heavy atom. The van der Waals surface area contributed by atoms with Crippen molar-refractivity contribution in [1.29, 1.82) is 0 Å². The largest absolute Gasteiger partial charge is 0.480 e. The summed E-state index contributed by atoms with van der Waals surface area (Å²) >= 11 is 6.10. The molecule has 2 rings (SSSR count). The number of benzene rings is 1. The number of aliphatic carboxylic acids is 1. The molecule has 1 heterocycles. The Morgan fingerprint density at radius 2 is 2.05 bits per heavy atom. The van der Waals surface area contributed by atoms with Gasteiger partial charge in [-0.25, -0.2) is 0 Å². The number of nitrogens with zero attached hydrogens (tertiary/aromatic N) is 1. The summed E-state index contributed by atoms with van der Waals surface area (Å²) in [6, 6.07) is 5.27. The predicted molar refractivity (Wildman–Crippen MR) is 76.7 cm³/mol. The summed E-state index contributed by atoms with van der Waals surface area (Å²) in [6.45, 7) is 3.72. The third-order valence-electron chi connectivity index (χ3n) is 3.91. The van der Waals surface area contributed by atoms with Crippen molar-refractivity contribution in [2.24, 2.45) is 0 Å². The molecule has 3 nitrogen and oxygen atoms in total. The zero-order valence-corrected chi connectivity index (χ0v) is 12.0. The summed E-state index contributed by atoms with van der Waals surface area (Å²) < 4.78 is 0. The number of piperidine rings is 1. The second-order valence-corrected chi connectivity index (χ2v) is 5.59. The Balaban J connectivity index is 2.16. The Morgan fingerprint density at radius 3 is 2.68 bits per heavy atom. The van der Waals surface area contributed by atoms with E-state index in [1.165, 1.54) is 6.42 Å². The van der Waals surface area contributed by atoms with Gasteiger partial charge in [-0.15, -0.1) is 0 Å². The van der Waals surface area contributed by atoms with Crippen LogP contribution in [0.5, 0.6) is 0 Å². The van der Waals surface area contributed by atoms with Crippen LogP contribution in [0.2, 0.25) is 5.02 Å². The second-order valence-electron chi connectivity index (χ2n) is 5.18. The zero-order valence-electron chi connectivity index (χ0n) is 11.2. The van der Waals surface area contributed by atoms with Gasteiger partial charge in [0.1, 0.15) is 6.04 Å². The van der Waals surface area contributed by atoms with E-state index in [0.717, 1.165) is 37.1 Å². The molecule has 0 aromatic heterocycles. The highest BCUT2D eigenvalue weighted by Crippen LogP contribution is 2.22. The quantitative estimate of drug-likeness (QED) is 0.922. The third-order valence-corrected chi connectivity index (χ3v) is 4.32. The number of carbonyl (C=O) groups is 1. The first-order valence-electron chi connectivity index (χ1n) is 6.80. The van der Waals surface area contributed by atoms with Crippen molar-refractivity contribution >= 4 is 17.6 Å². The van der Waals surface area contributed by atoms with Gasteiger partial charge in [0.25, 0.3) is 0 Å². The van der Waals surface area contributed by atoms with Gasteiger partial charge in [-0.1, -0.05) is 30.2 Å². The molecule has 1 saturated heterocycles. The average Bonchev–Trinajstić information content (AvgIpc) is 2.41. The number of rotatable bonds is 4. The van der Waals surface area contributed by atoms with Crippen LogP contribution in [0.3, 0.4) is 0 Å². The van der Waals surface area contributed by atoms with Crippen molar-refractivity contribution in [2.75, 3.05) is 13.1 Å². The lowest BCUT2D eigenvalue weighted by atomic mass is 9.98. The maximum Gasteiger partial charge on any atom is 0.321 e. The molecule has 0 saturated carbocycles. The lowest BCUT2D eigenvalue weighted by Crippen LogP contribution is -2.45. The van der Waals surface area contributed by atoms with Gasteiger partial charge in [-0.3, -0.25) is 9.69 Å². The molecule has 1 aromatic carbocycles. The van der Waals surface area contributed by atoms with Crippen LogP contribution in [-0.2, 0) is 11.2 Å². The molecule has 1 fully saturated rings. The minimum Gasteiger partial charge on any atom is -0.480 e. The summed E-state index contributed by atoms with van der Waals surface area (Å²) in [7, 11) is 0. The van der Waals surface area contributed by atoms with Crippen LogP contribution in [0.4, 0.5) is 0 Å². The van der Waals surface area contributed by atoms with E-state index in [0.29, 0.717) is 11.4 Å². The minimum absolute atomic E-state index is 0.433. The van der Waals surface area contributed by atoms with Gasteiger partial charge in [0.15, 0.2) is 0 Å². The number of halogens is 1. The normalized spacial score (nSPS) is 18.2. The molecule has 19 heavy (non-hydrogen) atoms. The second kappa shape index (κ2) is 6.40. The van der Waals surface area contributed by atoms with E-state index in [4.69, 9.17) is 11.6 Å². The molecule has 0 radical (unpaired) electrons. The van der Waals surface area contributed by atoms with Crippen molar-refractivity contribution in [3.8, 4) is 0 Å². The van der Waals surface area contributed by atoms with Crippen molar-refractivity contribution in [3.63, 3.8) is 0 Å². The molecule has 1 aliphatic heterocycles. The van der Waals surface area contributed by atoms with Crippen LogP contribution in [0.25, 0.3) is 0 Å². The van der Waals surface area contributed by atoms with E-state index in [1.54, 1.807) is 0 Å². The molecule has 0 aliphatic carbocycles. The lowest BCUT2D eigenvalue weighted by Gasteiger charge is -2.32. The van der Waals surface area contributed by atoms with Crippen molar-refractivity contribution in [1.82, 2.24) is 4.90 Å². The van der Waals surface area contributed by atoms with Crippen molar-refractivity contribution in [3.05, 3.63) is 34.3 Å². The van der Waals surface area contributed by atoms with E-state index >= 15 is 0 Å². The summed E-state index contributed by atoms with van der Waals surface area (Å²) in [6.07, 6.45) is 3.93.